The second kappa shape index (κ2) is 9.40. The van der Waals surface area contributed by atoms with E-state index in [2.05, 4.69) is 25.7 Å². The molecule has 33 heavy (non-hydrogen) atoms. The highest BCUT2D eigenvalue weighted by molar-refractivity contribution is 5.93. The van der Waals surface area contributed by atoms with Gasteiger partial charge in [0.2, 0.25) is 5.95 Å². The first kappa shape index (κ1) is 22.5. The number of hydrogen-bond donors (Lipinski definition) is 2. The number of anilines is 2. The van der Waals surface area contributed by atoms with E-state index in [0.29, 0.717) is 18.9 Å². The SMILES string of the molecule is Cn1nc(C(=O)N2CCNCC2)cc1Nc1ncc(OCc2c(F)c(F)cc(F)c2F)cn1. The molecule has 0 aliphatic carbocycles. The van der Waals surface area contributed by atoms with Crippen LogP contribution in [0.15, 0.2) is 24.5 Å². The first-order valence-corrected chi connectivity index (χ1v) is 9.91. The zero-order valence-electron chi connectivity index (χ0n) is 17.4. The van der Waals surface area contributed by atoms with Gasteiger partial charge in [0.1, 0.15) is 12.4 Å². The van der Waals surface area contributed by atoms with Gasteiger partial charge in [-0.1, -0.05) is 0 Å². The van der Waals surface area contributed by atoms with Crippen molar-refractivity contribution >= 4 is 17.7 Å². The zero-order chi connectivity index (χ0) is 23.5. The Balaban J connectivity index is 1.40. The monoisotopic (exact) mass is 465 g/mol. The van der Waals surface area contributed by atoms with Crippen molar-refractivity contribution in [2.75, 3.05) is 31.5 Å². The van der Waals surface area contributed by atoms with Crippen LogP contribution in [0.25, 0.3) is 0 Å². The number of hydrogen-bond acceptors (Lipinski definition) is 7. The third-order valence-corrected chi connectivity index (χ3v) is 4.96. The number of rotatable bonds is 6. The topological polar surface area (TPSA) is 97.2 Å². The highest BCUT2D eigenvalue weighted by Crippen LogP contribution is 2.22. The van der Waals surface area contributed by atoms with Crippen molar-refractivity contribution in [3.63, 3.8) is 0 Å². The summed E-state index contributed by atoms with van der Waals surface area (Å²) < 4.78 is 60.7. The summed E-state index contributed by atoms with van der Waals surface area (Å²) >= 11 is 0. The van der Waals surface area contributed by atoms with E-state index in [4.69, 9.17) is 4.74 Å². The van der Waals surface area contributed by atoms with Gasteiger partial charge in [-0.3, -0.25) is 9.48 Å². The molecule has 0 bridgehead atoms. The van der Waals surface area contributed by atoms with Crippen molar-refractivity contribution in [2.24, 2.45) is 7.05 Å². The molecule has 4 rings (SSSR count). The molecule has 1 fully saturated rings. The normalized spacial score (nSPS) is 13.8. The number of aryl methyl sites for hydroxylation is 1. The molecule has 1 aromatic carbocycles. The molecule has 0 radical (unpaired) electrons. The molecule has 1 saturated heterocycles. The van der Waals surface area contributed by atoms with Gasteiger partial charge in [0.05, 0.1) is 18.0 Å². The average molecular weight is 465 g/mol. The predicted octanol–water partition coefficient (Wildman–Crippen LogP) is 2.13. The highest BCUT2D eigenvalue weighted by Gasteiger charge is 2.22. The summed E-state index contributed by atoms with van der Waals surface area (Å²) in [6.07, 6.45) is 2.42. The molecule has 2 aromatic heterocycles. The lowest BCUT2D eigenvalue weighted by Crippen LogP contribution is -2.46. The molecule has 0 atom stereocenters. The fourth-order valence-electron chi connectivity index (χ4n) is 3.19. The Morgan fingerprint density at radius 2 is 1.73 bits per heavy atom. The second-order valence-corrected chi connectivity index (χ2v) is 7.18. The van der Waals surface area contributed by atoms with E-state index in [1.54, 1.807) is 18.0 Å². The van der Waals surface area contributed by atoms with Crippen molar-refractivity contribution in [3.8, 4) is 5.75 Å². The lowest BCUT2D eigenvalue weighted by Gasteiger charge is -2.26. The van der Waals surface area contributed by atoms with Crippen LogP contribution in [0.2, 0.25) is 0 Å². The number of ether oxygens (including phenoxy) is 1. The van der Waals surface area contributed by atoms with Crippen LogP contribution in [-0.4, -0.2) is 56.7 Å². The Bertz CT molecular complexity index is 1140. The second-order valence-electron chi connectivity index (χ2n) is 7.18. The van der Waals surface area contributed by atoms with Crippen LogP contribution in [0.5, 0.6) is 5.75 Å². The Morgan fingerprint density at radius 3 is 2.36 bits per heavy atom. The maximum Gasteiger partial charge on any atom is 0.274 e. The van der Waals surface area contributed by atoms with Crippen molar-refractivity contribution in [1.82, 2.24) is 30.0 Å². The summed E-state index contributed by atoms with van der Waals surface area (Å²) in [4.78, 5) is 22.3. The number of carbonyl (C=O) groups excluding carboxylic acids is 1. The number of nitrogens with zero attached hydrogens (tertiary/aromatic N) is 5. The fourth-order valence-corrected chi connectivity index (χ4v) is 3.19. The van der Waals surface area contributed by atoms with Crippen LogP contribution in [0.1, 0.15) is 16.1 Å². The molecular weight excluding hydrogens is 446 g/mol. The van der Waals surface area contributed by atoms with E-state index in [1.807, 2.05) is 0 Å². The number of aromatic nitrogens is 4. The van der Waals surface area contributed by atoms with Gasteiger partial charge in [-0.25, -0.2) is 27.5 Å². The minimum Gasteiger partial charge on any atom is -0.485 e. The van der Waals surface area contributed by atoms with Crippen molar-refractivity contribution < 1.29 is 27.1 Å². The third-order valence-electron chi connectivity index (χ3n) is 4.96. The summed E-state index contributed by atoms with van der Waals surface area (Å²) in [6.45, 7) is 1.87. The number of piperazine rings is 1. The van der Waals surface area contributed by atoms with Gasteiger partial charge in [-0.15, -0.1) is 0 Å². The molecule has 13 heteroatoms. The van der Waals surface area contributed by atoms with Crippen LogP contribution < -0.4 is 15.4 Å². The van der Waals surface area contributed by atoms with Crippen molar-refractivity contribution in [2.45, 2.75) is 6.61 Å². The van der Waals surface area contributed by atoms with Crippen LogP contribution in [0.3, 0.4) is 0 Å². The van der Waals surface area contributed by atoms with E-state index < -0.39 is 35.4 Å². The minimum atomic E-state index is -1.53. The van der Waals surface area contributed by atoms with Crippen molar-refractivity contribution in [1.29, 1.82) is 0 Å². The summed E-state index contributed by atoms with van der Waals surface area (Å²) in [5.41, 5.74) is -0.612. The van der Waals surface area contributed by atoms with Gasteiger partial charge >= 0.3 is 0 Å². The van der Waals surface area contributed by atoms with E-state index in [0.717, 1.165) is 13.1 Å². The Morgan fingerprint density at radius 1 is 1.09 bits per heavy atom. The summed E-state index contributed by atoms with van der Waals surface area (Å²) in [6, 6.07) is 1.70. The molecule has 9 nitrogen and oxygen atoms in total. The average Bonchev–Trinajstić information content (AvgIpc) is 3.19. The maximum atomic E-state index is 13.7. The molecular formula is C20H19F4N7O2. The number of carbonyl (C=O) groups is 1. The summed E-state index contributed by atoms with van der Waals surface area (Å²) in [5.74, 6) is -5.67. The Hall–Kier alpha value is -3.74. The smallest absolute Gasteiger partial charge is 0.274 e. The van der Waals surface area contributed by atoms with Gasteiger partial charge in [0, 0.05) is 45.4 Å². The molecule has 0 saturated carbocycles. The van der Waals surface area contributed by atoms with E-state index in [9.17, 15) is 22.4 Å². The molecule has 3 aromatic rings. The first-order valence-electron chi connectivity index (χ1n) is 9.91. The molecule has 1 aliphatic rings. The van der Waals surface area contributed by atoms with E-state index in [1.165, 1.54) is 17.1 Å². The Kier molecular flexibility index (Phi) is 6.40. The zero-order valence-corrected chi connectivity index (χ0v) is 17.4. The Labute approximate surface area is 185 Å². The largest absolute Gasteiger partial charge is 0.485 e. The summed E-state index contributed by atoms with van der Waals surface area (Å²) in [7, 11) is 1.65. The van der Waals surface area contributed by atoms with Gasteiger partial charge in [0.25, 0.3) is 5.91 Å². The van der Waals surface area contributed by atoms with Gasteiger partial charge < -0.3 is 20.3 Å². The maximum absolute atomic E-state index is 13.7. The molecule has 174 valence electrons. The van der Waals surface area contributed by atoms with Crippen molar-refractivity contribution in [3.05, 3.63) is 59.1 Å². The van der Waals surface area contributed by atoms with Gasteiger partial charge in [-0.05, 0) is 0 Å². The molecule has 0 spiro atoms. The van der Waals surface area contributed by atoms with Gasteiger partial charge in [-0.2, -0.15) is 5.10 Å². The number of nitrogens with one attached hydrogen (secondary N) is 2. The summed E-state index contributed by atoms with van der Waals surface area (Å²) in [5, 5.41) is 10.3. The minimum absolute atomic E-state index is 0.0172. The van der Waals surface area contributed by atoms with E-state index >= 15 is 0 Å². The lowest BCUT2D eigenvalue weighted by molar-refractivity contribution is 0.0729. The number of amides is 1. The number of halogens is 4. The lowest BCUT2D eigenvalue weighted by atomic mass is 10.2. The van der Waals surface area contributed by atoms with E-state index in [-0.39, 0.29) is 29.4 Å². The fraction of sp³-hybridized carbons (Fsp3) is 0.300. The first-order chi connectivity index (χ1) is 15.8. The third kappa shape index (κ3) is 4.87. The molecule has 1 aliphatic heterocycles. The van der Waals surface area contributed by atoms with Crippen LogP contribution in [0.4, 0.5) is 29.3 Å². The van der Waals surface area contributed by atoms with Crippen LogP contribution in [0, 0.1) is 23.3 Å². The molecule has 3 heterocycles. The molecule has 1 amide bonds. The van der Waals surface area contributed by atoms with Gasteiger partial charge in [0.15, 0.2) is 34.7 Å². The predicted molar refractivity (Wildman–Crippen MR) is 108 cm³/mol. The van der Waals surface area contributed by atoms with Crippen LogP contribution in [-0.2, 0) is 13.7 Å². The quantitative estimate of drug-likeness (QED) is 0.425. The highest BCUT2D eigenvalue weighted by atomic mass is 19.2. The molecule has 0 unspecified atom stereocenters. The van der Waals surface area contributed by atoms with Crippen LogP contribution >= 0.6 is 0 Å². The standard InChI is InChI=1S/C20H19F4N7O2/c1-30-16(7-15(29-30)19(32)31-4-2-25-3-5-31)28-20-26-8-11(9-27-20)33-10-12-17(23)13(21)6-14(22)18(12)24/h6-9,25H,2-5,10H2,1H3,(H,26,27,28). The molecule has 2 N–H and O–H groups in total. The number of benzene rings is 1.